The van der Waals surface area contributed by atoms with Crippen molar-refractivity contribution in [1.82, 2.24) is 5.32 Å². The van der Waals surface area contributed by atoms with E-state index in [1.807, 2.05) is 36.4 Å². The number of aliphatic imine (C=N–C) groups is 2. The Balaban J connectivity index is 1.03. The van der Waals surface area contributed by atoms with Crippen LogP contribution in [0.15, 0.2) is 207 Å². The Kier molecular flexibility index (Phi) is 7.23. The topological polar surface area (TPSA) is 63.0 Å². The van der Waals surface area contributed by atoms with E-state index in [-0.39, 0.29) is 0 Å². The van der Waals surface area contributed by atoms with Gasteiger partial charge in [0, 0.05) is 43.8 Å². The zero-order chi connectivity index (χ0) is 38.2. The maximum Gasteiger partial charge on any atom is 0.160 e. The van der Waals surface area contributed by atoms with Gasteiger partial charge in [0.25, 0.3) is 0 Å². The van der Waals surface area contributed by atoms with Crippen LogP contribution in [-0.4, -0.2) is 11.7 Å². The molecular formula is C53H33N3O2. The van der Waals surface area contributed by atoms with Gasteiger partial charge in [-0.15, -0.1) is 0 Å². The zero-order valence-electron chi connectivity index (χ0n) is 31.2. The average molecular weight is 744 g/mol. The first kappa shape index (κ1) is 32.5. The van der Waals surface area contributed by atoms with E-state index < -0.39 is 6.17 Å². The highest BCUT2D eigenvalue weighted by Gasteiger charge is 2.26. The lowest BCUT2D eigenvalue weighted by Gasteiger charge is -2.24. The minimum absolute atomic E-state index is 0.437. The van der Waals surface area contributed by atoms with Crippen molar-refractivity contribution in [3.05, 3.63) is 205 Å². The molecule has 0 spiro atoms. The van der Waals surface area contributed by atoms with Crippen LogP contribution < -0.4 is 5.32 Å². The summed E-state index contributed by atoms with van der Waals surface area (Å²) < 4.78 is 13.3. The van der Waals surface area contributed by atoms with Gasteiger partial charge in [-0.3, -0.25) is 0 Å². The van der Waals surface area contributed by atoms with Gasteiger partial charge in [-0.2, -0.15) is 0 Å². The highest BCUT2D eigenvalue weighted by molar-refractivity contribution is 6.22. The summed E-state index contributed by atoms with van der Waals surface area (Å²) in [5.41, 5.74) is 10.8. The number of furan rings is 2. The molecule has 5 nitrogen and oxygen atoms in total. The Bertz CT molecular complexity index is 3500. The van der Waals surface area contributed by atoms with E-state index in [0.717, 1.165) is 99.4 Å². The molecule has 0 fully saturated rings. The SMILES string of the molecule is c1ccc(C2=NC(c3ccc(-c4cccc5oc6c(-c7ccc8ccccc8c7)cccc6c45)c4ccccc34)=NC(c3cccc4c3oc3ccccc34)N2)cc1. The smallest absolute Gasteiger partial charge is 0.160 e. The first-order valence-corrected chi connectivity index (χ1v) is 19.6. The van der Waals surface area contributed by atoms with Crippen LogP contribution in [0.3, 0.4) is 0 Å². The molecular weight excluding hydrogens is 711 g/mol. The summed E-state index contributed by atoms with van der Waals surface area (Å²) in [6.45, 7) is 0. The fourth-order valence-electron chi connectivity index (χ4n) is 8.84. The molecule has 0 radical (unpaired) electrons. The summed E-state index contributed by atoms with van der Waals surface area (Å²) in [4.78, 5) is 10.6. The summed E-state index contributed by atoms with van der Waals surface area (Å²) in [5.74, 6) is 1.42. The van der Waals surface area contributed by atoms with E-state index in [1.165, 1.54) is 10.8 Å². The summed E-state index contributed by atoms with van der Waals surface area (Å²) >= 11 is 0. The van der Waals surface area contributed by atoms with Crippen molar-refractivity contribution in [3.8, 4) is 22.3 Å². The van der Waals surface area contributed by atoms with Gasteiger partial charge in [-0.25, -0.2) is 9.98 Å². The highest BCUT2D eigenvalue weighted by atomic mass is 16.3. The van der Waals surface area contributed by atoms with E-state index >= 15 is 0 Å². The lowest BCUT2D eigenvalue weighted by atomic mass is 9.91. The van der Waals surface area contributed by atoms with Gasteiger partial charge in [0.1, 0.15) is 28.2 Å². The Hall–Kier alpha value is -7.76. The predicted octanol–water partition coefficient (Wildman–Crippen LogP) is 13.6. The molecule has 11 aromatic rings. The van der Waals surface area contributed by atoms with E-state index in [0.29, 0.717) is 5.84 Å². The van der Waals surface area contributed by atoms with Crippen molar-refractivity contribution in [3.63, 3.8) is 0 Å². The van der Waals surface area contributed by atoms with Crippen LogP contribution in [0.4, 0.5) is 0 Å². The van der Waals surface area contributed by atoms with Gasteiger partial charge >= 0.3 is 0 Å². The molecule has 1 unspecified atom stereocenters. The Morgan fingerprint density at radius 1 is 0.414 bits per heavy atom. The summed E-state index contributed by atoms with van der Waals surface area (Å²) in [6, 6.07) is 65.7. The van der Waals surface area contributed by atoms with Gasteiger partial charge in [0.2, 0.25) is 0 Å². The zero-order valence-corrected chi connectivity index (χ0v) is 31.2. The number of nitrogens with one attached hydrogen (secondary N) is 1. The van der Waals surface area contributed by atoms with E-state index in [2.05, 4.69) is 157 Å². The van der Waals surface area contributed by atoms with Gasteiger partial charge in [-0.1, -0.05) is 164 Å². The Morgan fingerprint density at radius 3 is 1.97 bits per heavy atom. The third kappa shape index (κ3) is 5.10. The number of para-hydroxylation sites is 3. The number of amidine groups is 2. The van der Waals surface area contributed by atoms with Gasteiger partial charge < -0.3 is 14.2 Å². The fraction of sp³-hybridized carbons (Fsp3) is 0.0189. The summed E-state index contributed by atoms with van der Waals surface area (Å²) in [6.07, 6.45) is -0.437. The van der Waals surface area contributed by atoms with Crippen LogP contribution in [0.25, 0.3) is 87.7 Å². The van der Waals surface area contributed by atoms with Crippen LogP contribution in [0.5, 0.6) is 0 Å². The van der Waals surface area contributed by atoms with Crippen molar-refractivity contribution >= 4 is 77.1 Å². The molecule has 3 heterocycles. The Labute approximate surface area is 333 Å². The first-order valence-electron chi connectivity index (χ1n) is 19.6. The van der Waals surface area contributed by atoms with Crippen molar-refractivity contribution in [2.24, 2.45) is 9.98 Å². The van der Waals surface area contributed by atoms with Gasteiger partial charge in [0.05, 0.1) is 0 Å². The normalized spacial score (nSPS) is 14.4. The molecule has 9 aromatic carbocycles. The minimum Gasteiger partial charge on any atom is -0.456 e. The molecule has 2 aromatic heterocycles. The molecule has 5 heteroatoms. The Morgan fingerprint density at radius 2 is 1.07 bits per heavy atom. The molecule has 0 saturated carbocycles. The van der Waals surface area contributed by atoms with Gasteiger partial charge in [0.15, 0.2) is 12.0 Å². The molecule has 0 bridgehead atoms. The van der Waals surface area contributed by atoms with Crippen molar-refractivity contribution in [1.29, 1.82) is 0 Å². The van der Waals surface area contributed by atoms with Crippen LogP contribution >= 0.6 is 0 Å². The van der Waals surface area contributed by atoms with Crippen molar-refractivity contribution in [2.75, 3.05) is 0 Å². The van der Waals surface area contributed by atoms with Crippen LogP contribution in [0, 0.1) is 0 Å². The monoisotopic (exact) mass is 743 g/mol. The maximum atomic E-state index is 6.75. The first-order chi connectivity index (χ1) is 28.7. The van der Waals surface area contributed by atoms with Crippen LogP contribution in [-0.2, 0) is 0 Å². The minimum atomic E-state index is -0.437. The number of nitrogens with zero attached hydrogens (tertiary/aromatic N) is 2. The number of hydrogen-bond donors (Lipinski definition) is 1. The second-order valence-corrected chi connectivity index (χ2v) is 14.9. The number of fused-ring (bicyclic) bond motifs is 8. The third-order valence-electron chi connectivity index (χ3n) is 11.6. The second kappa shape index (κ2) is 12.9. The molecule has 58 heavy (non-hydrogen) atoms. The van der Waals surface area contributed by atoms with E-state index in [9.17, 15) is 0 Å². The lowest BCUT2D eigenvalue weighted by Crippen LogP contribution is -2.33. The summed E-state index contributed by atoms with van der Waals surface area (Å²) in [5, 5.41) is 12.6. The molecule has 1 aliphatic heterocycles. The average Bonchev–Trinajstić information content (AvgIpc) is 3.88. The number of benzene rings is 9. The van der Waals surface area contributed by atoms with E-state index in [4.69, 9.17) is 18.8 Å². The number of rotatable bonds is 5. The highest BCUT2D eigenvalue weighted by Crippen LogP contribution is 2.43. The molecule has 12 rings (SSSR count). The molecule has 0 amide bonds. The number of hydrogen-bond acceptors (Lipinski definition) is 5. The molecule has 0 saturated heterocycles. The van der Waals surface area contributed by atoms with Crippen molar-refractivity contribution in [2.45, 2.75) is 6.17 Å². The van der Waals surface area contributed by atoms with Gasteiger partial charge in [-0.05, 0) is 62.5 Å². The second-order valence-electron chi connectivity index (χ2n) is 14.9. The van der Waals surface area contributed by atoms with Crippen LogP contribution in [0.1, 0.15) is 22.9 Å². The van der Waals surface area contributed by atoms with Crippen LogP contribution in [0.2, 0.25) is 0 Å². The molecule has 1 aliphatic rings. The largest absolute Gasteiger partial charge is 0.456 e. The molecule has 0 aliphatic carbocycles. The molecule has 1 N–H and O–H groups in total. The fourth-order valence-corrected chi connectivity index (χ4v) is 8.84. The van der Waals surface area contributed by atoms with E-state index in [1.54, 1.807) is 0 Å². The molecule has 1 atom stereocenters. The predicted molar refractivity (Wildman–Crippen MR) is 239 cm³/mol. The third-order valence-corrected chi connectivity index (χ3v) is 11.6. The molecule has 272 valence electrons. The van der Waals surface area contributed by atoms with Crippen molar-refractivity contribution < 1.29 is 8.83 Å². The maximum absolute atomic E-state index is 6.75. The summed E-state index contributed by atoms with van der Waals surface area (Å²) in [7, 11) is 0. The lowest BCUT2D eigenvalue weighted by molar-refractivity contribution is 0.628. The quantitative estimate of drug-likeness (QED) is 0.191. The standard InChI is InChI=1S/C53H33N3O2/c1-2-14-33(15-3-1)51-54-52(56-53(55-51)45-24-11-22-42-40-19-8-9-25-46(40)57-50(42)45)43-30-29-39(37-17-6-7-18-38(37)43)41-21-12-26-47-48(41)44-23-10-20-36(49(44)58-47)35-28-27-32-13-4-5-16-34(32)31-35/h1-31,53H,(H,54,55,56).